The van der Waals surface area contributed by atoms with Crippen LogP contribution in [0, 0.1) is 0 Å². The van der Waals surface area contributed by atoms with Crippen molar-refractivity contribution in [2.75, 3.05) is 6.54 Å². The topological polar surface area (TPSA) is 117 Å². The van der Waals surface area contributed by atoms with Crippen LogP contribution in [-0.4, -0.2) is 61.1 Å². The lowest BCUT2D eigenvalue weighted by atomic mass is 10.1. The number of aliphatic hydroxyl groups excluding tert-OH is 1. The van der Waals surface area contributed by atoms with Crippen molar-refractivity contribution >= 4 is 63.9 Å². The third-order valence-corrected chi connectivity index (χ3v) is 6.50. The SMILES string of the molecule is CC(Oc1ccc(Cl)cc1Cl)C(=O)NC[C@H]1O[C@@H](N2C=IC(=O)NC2=O)C[C@@H]1O. The lowest BCUT2D eigenvalue weighted by Gasteiger charge is -2.26. The summed E-state index contributed by atoms with van der Waals surface area (Å²) in [5.41, 5.74) is 0. The van der Waals surface area contributed by atoms with E-state index in [0.29, 0.717) is 10.8 Å². The van der Waals surface area contributed by atoms with Crippen LogP contribution in [0.5, 0.6) is 5.75 Å². The molecule has 4 atom stereocenters. The number of carbonyl (C=O) groups excluding carboxylic acids is 3. The molecule has 0 aliphatic carbocycles. The Morgan fingerprint density at radius 2 is 2.24 bits per heavy atom. The maximum Gasteiger partial charge on any atom is 0.331 e. The smallest absolute Gasteiger partial charge is 0.331 e. The number of aliphatic hydroxyl groups is 1. The highest BCUT2D eigenvalue weighted by molar-refractivity contribution is 14.2. The lowest BCUT2D eigenvalue weighted by Crippen LogP contribution is -2.48. The Kier molecular flexibility index (Phi) is 7.32. The van der Waals surface area contributed by atoms with E-state index in [1.165, 1.54) is 15.1 Å². The number of nitrogens with zero attached hydrogens (tertiary/aromatic N) is 1. The number of amides is 4. The normalized spacial score (nSPS) is 25.2. The number of benzene rings is 1. The Morgan fingerprint density at radius 1 is 1.48 bits per heavy atom. The number of ether oxygens (including phenoxy) is 2. The maximum atomic E-state index is 12.3. The fourth-order valence-corrected chi connectivity index (χ4v) is 4.74. The minimum absolute atomic E-state index is 0.0298. The third kappa shape index (κ3) is 5.57. The zero-order valence-electron chi connectivity index (χ0n) is 15.1. The summed E-state index contributed by atoms with van der Waals surface area (Å²) in [7, 11) is 0. The number of carbonyl (C=O) groups is 3. The van der Waals surface area contributed by atoms with Crippen molar-refractivity contribution in [3.63, 3.8) is 0 Å². The Hall–Kier alpha value is -1.47. The van der Waals surface area contributed by atoms with Gasteiger partial charge in [-0.2, -0.15) is 0 Å². The number of halogens is 3. The minimum atomic E-state index is -0.957. The lowest BCUT2D eigenvalue weighted by molar-refractivity contribution is -0.128. The summed E-state index contributed by atoms with van der Waals surface area (Å²) in [6.07, 6.45) is -2.94. The van der Waals surface area contributed by atoms with Crippen LogP contribution in [0.3, 0.4) is 0 Å². The molecule has 3 rings (SSSR count). The van der Waals surface area contributed by atoms with Crippen molar-refractivity contribution < 1.29 is 29.0 Å². The van der Waals surface area contributed by atoms with Gasteiger partial charge in [0, 0.05) is 42.9 Å². The summed E-state index contributed by atoms with van der Waals surface area (Å²) in [6, 6.07) is 4.09. The van der Waals surface area contributed by atoms with Crippen molar-refractivity contribution in [3.05, 3.63) is 28.2 Å². The van der Waals surface area contributed by atoms with E-state index in [9.17, 15) is 19.5 Å². The quantitative estimate of drug-likeness (QED) is 0.280. The average molecular weight is 558 g/mol. The molecule has 0 radical (unpaired) electrons. The maximum absolute atomic E-state index is 12.3. The zero-order chi connectivity index (χ0) is 21.1. The summed E-state index contributed by atoms with van der Waals surface area (Å²) in [5, 5.41) is 15.8. The van der Waals surface area contributed by atoms with Crippen LogP contribution < -0.4 is 15.4 Å². The van der Waals surface area contributed by atoms with Crippen LogP contribution in [-0.2, 0) is 9.53 Å². The summed E-state index contributed by atoms with van der Waals surface area (Å²) in [5.74, 6) is -0.102. The van der Waals surface area contributed by atoms with Gasteiger partial charge >= 0.3 is 6.03 Å². The van der Waals surface area contributed by atoms with Crippen LogP contribution in [0.2, 0.25) is 10.0 Å². The van der Waals surface area contributed by atoms with E-state index in [1.54, 1.807) is 19.1 Å². The molecule has 2 heterocycles. The second-order valence-electron chi connectivity index (χ2n) is 6.33. The fourth-order valence-electron chi connectivity index (χ4n) is 2.74. The number of imide groups is 1. The van der Waals surface area contributed by atoms with Crippen molar-refractivity contribution in [1.82, 2.24) is 15.5 Å². The third-order valence-electron chi connectivity index (χ3n) is 4.25. The molecule has 0 spiro atoms. The fraction of sp³-hybridized carbons (Fsp3) is 0.412. The summed E-state index contributed by atoms with van der Waals surface area (Å²) in [4.78, 5) is 36.8. The largest absolute Gasteiger partial charge is 0.479 e. The Labute approximate surface area is 186 Å². The van der Waals surface area contributed by atoms with E-state index < -0.39 is 57.2 Å². The monoisotopic (exact) mass is 557 g/mol. The van der Waals surface area contributed by atoms with Gasteiger partial charge in [0.1, 0.15) is 18.1 Å². The van der Waals surface area contributed by atoms with Crippen molar-refractivity contribution in [2.45, 2.75) is 37.9 Å². The molecular weight excluding hydrogens is 540 g/mol. The molecule has 1 fully saturated rings. The van der Waals surface area contributed by atoms with Gasteiger partial charge in [0.25, 0.3) is 9.82 Å². The van der Waals surface area contributed by atoms with Crippen molar-refractivity contribution in [3.8, 4) is 5.75 Å². The summed E-state index contributed by atoms with van der Waals surface area (Å²) in [6.45, 7) is 1.59. The molecule has 0 saturated carbocycles. The van der Waals surface area contributed by atoms with E-state index in [1.807, 2.05) is 0 Å². The van der Waals surface area contributed by atoms with Gasteiger partial charge in [-0.1, -0.05) is 23.2 Å². The van der Waals surface area contributed by atoms with Crippen molar-refractivity contribution in [1.29, 1.82) is 0 Å². The number of hydrogen-bond acceptors (Lipinski definition) is 6. The Bertz CT molecular complexity index is 854. The van der Waals surface area contributed by atoms with Gasteiger partial charge in [0.05, 0.1) is 11.1 Å². The van der Waals surface area contributed by atoms with Crippen LogP contribution in [0.1, 0.15) is 13.3 Å². The molecule has 9 nitrogen and oxygen atoms in total. The molecule has 29 heavy (non-hydrogen) atoms. The molecule has 2 aliphatic heterocycles. The first-order chi connectivity index (χ1) is 13.7. The standard InChI is InChI=1S/C17H18Cl2IN3O6/c1-8(28-12-3-2-9(18)4-10(12)19)15(25)21-6-13-11(24)5-14(29-13)23-7-20-16(26)22-17(23)27/h2-4,7-8,11,13-14,24H,5-6H2,1H3,(H,21,25)(H,22,26,27)/t8?,11-,13+,14+/m0/s1. The number of urea groups is 1. The number of nitrogens with one attached hydrogen (secondary N) is 2. The molecule has 12 heteroatoms. The van der Waals surface area contributed by atoms with Crippen LogP contribution in [0.15, 0.2) is 18.2 Å². The molecule has 0 bridgehead atoms. The molecule has 158 valence electrons. The van der Waals surface area contributed by atoms with Gasteiger partial charge in [0.2, 0.25) is 0 Å². The molecule has 3 N–H and O–H groups in total. The second kappa shape index (κ2) is 9.56. The number of rotatable bonds is 6. The van der Waals surface area contributed by atoms with E-state index >= 15 is 0 Å². The van der Waals surface area contributed by atoms with Gasteiger partial charge < -0.3 is 19.9 Å². The first-order valence-electron chi connectivity index (χ1n) is 8.57. The second-order valence-corrected chi connectivity index (χ2v) is 9.33. The van der Waals surface area contributed by atoms with Gasteiger partial charge in [-0.05, 0) is 25.1 Å². The highest BCUT2D eigenvalue weighted by atomic mass is 127. The first-order valence-corrected chi connectivity index (χ1v) is 11.7. The number of hydrogen-bond donors (Lipinski definition) is 3. The van der Waals surface area contributed by atoms with E-state index in [2.05, 4.69) is 10.6 Å². The van der Waals surface area contributed by atoms with Gasteiger partial charge in [-0.25, -0.2) is 4.79 Å². The zero-order valence-corrected chi connectivity index (χ0v) is 18.8. The van der Waals surface area contributed by atoms with Gasteiger partial charge in [0.15, 0.2) is 6.10 Å². The Balaban J connectivity index is 1.51. The molecule has 1 aromatic carbocycles. The Morgan fingerprint density at radius 3 is 2.93 bits per heavy atom. The van der Waals surface area contributed by atoms with Crippen LogP contribution >= 0.6 is 43.9 Å². The van der Waals surface area contributed by atoms with E-state index in [-0.39, 0.29) is 21.9 Å². The summed E-state index contributed by atoms with van der Waals surface area (Å²) >= 11 is 10.9. The molecule has 4 amide bonds. The highest BCUT2D eigenvalue weighted by Crippen LogP contribution is 2.28. The predicted molar refractivity (Wildman–Crippen MR) is 115 cm³/mol. The van der Waals surface area contributed by atoms with Crippen molar-refractivity contribution in [2.24, 2.45) is 0 Å². The molecule has 2 aliphatic rings. The van der Waals surface area contributed by atoms with Gasteiger partial charge in [-0.15, -0.1) is 0 Å². The summed E-state index contributed by atoms with van der Waals surface area (Å²) < 4.78 is 12.5. The molecular formula is C17H18Cl2IN3O6. The van der Waals surface area contributed by atoms with Crippen LogP contribution in [0.25, 0.3) is 0 Å². The van der Waals surface area contributed by atoms with E-state index in [4.69, 9.17) is 32.7 Å². The molecule has 1 unspecified atom stereocenters. The predicted octanol–water partition coefficient (Wildman–Crippen LogP) is 2.23. The average Bonchev–Trinajstić information content (AvgIpc) is 3.02. The molecule has 1 aromatic rings. The highest BCUT2D eigenvalue weighted by Gasteiger charge is 2.40. The van der Waals surface area contributed by atoms with Gasteiger partial charge in [-0.3, -0.25) is 19.8 Å². The van der Waals surface area contributed by atoms with E-state index in [0.717, 1.165) is 0 Å². The first kappa shape index (κ1) is 22.2. The van der Waals surface area contributed by atoms with Crippen LogP contribution in [0.4, 0.5) is 9.59 Å². The molecule has 1 saturated heterocycles. The molecule has 0 aromatic heterocycles. The minimum Gasteiger partial charge on any atom is -0.479 e.